The maximum Gasteiger partial charge on any atom is 0.247 e. The van der Waals surface area contributed by atoms with Crippen LogP contribution in [0.4, 0.5) is 5.69 Å². The fraction of sp³-hybridized carbons (Fsp3) is 0.333. The fourth-order valence-electron chi connectivity index (χ4n) is 3.87. The van der Waals surface area contributed by atoms with E-state index < -0.39 is 0 Å². The van der Waals surface area contributed by atoms with E-state index in [1.807, 2.05) is 60.4 Å². The summed E-state index contributed by atoms with van der Waals surface area (Å²) in [6.07, 6.45) is 3.87. The SMILES string of the molecule is Cc1ccc(-c2nnco2)cc1NC(=O)C1CCN(C(=O)CCc2ccccc2)CC1. The summed E-state index contributed by atoms with van der Waals surface area (Å²) in [6, 6.07) is 15.7. The first kappa shape index (κ1) is 20.8. The van der Waals surface area contributed by atoms with Crippen molar-refractivity contribution < 1.29 is 14.0 Å². The highest BCUT2D eigenvalue weighted by Gasteiger charge is 2.27. The van der Waals surface area contributed by atoms with Crippen LogP contribution >= 0.6 is 0 Å². The second-order valence-electron chi connectivity index (χ2n) is 7.90. The first-order valence-corrected chi connectivity index (χ1v) is 10.6. The fourth-order valence-corrected chi connectivity index (χ4v) is 3.87. The monoisotopic (exact) mass is 418 g/mol. The van der Waals surface area contributed by atoms with Gasteiger partial charge in [0.25, 0.3) is 0 Å². The van der Waals surface area contributed by atoms with Gasteiger partial charge in [-0.1, -0.05) is 36.4 Å². The van der Waals surface area contributed by atoms with Crippen molar-refractivity contribution in [3.63, 3.8) is 0 Å². The van der Waals surface area contributed by atoms with Crippen LogP contribution in [-0.4, -0.2) is 40.0 Å². The molecule has 0 unspecified atom stereocenters. The molecule has 2 heterocycles. The van der Waals surface area contributed by atoms with Gasteiger partial charge in [-0.25, -0.2) is 0 Å². The van der Waals surface area contributed by atoms with Gasteiger partial charge in [-0.3, -0.25) is 9.59 Å². The highest BCUT2D eigenvalue weighted by atomic mass is 16.4. The summed E-state index contributed by atoms with van der Waals surface area (Å²) in [4.78, 5) is 27.3. The molecule has 3 aromatic rings. The lowest BCUT2D eigenvalue weighted by molar-refractivity contribution is -0.134. The van der Waals surface area contributed by atoms with Crippen molar-refractivity contribution >= 4 is 17.5 Å². The van der Waals surface area contributed by atoms with Gasteiger partial charge in [-0.05, 0) is 49.4 Å². The molecule has 0 aliphatic carbocycles. The number of aryl methyl sites for hydroxylation is 2. The third-order valence-corrected chi connectivity index (χ3v) is 5.79. The maximum atomic E-state index is 12.8. The number of rotatable bonds is 6. The normalized spacial score (nSPS) is 14.4. The predicted molar refractivity (Wildman–Crippen MR) is 117 cm³/mol. The topological polar surface area (TPSA) is 88.3 Å². The van der Waals surface area contributed by atoms with Crippen LogP contribution in [0.1, 0.15) is 30.4 Å². The maximum absolute atomic E-state index is 12.8. The predicted octanol–water partition coefficient (Wildman–Crippen LogP) is 3.85. The molecule has 1 fully saturated rings. The standard InChI is InChI=1S/C24H26N4O3/c1-17-7-9-20(24-27-25-16-31-24)15-21(17)26-23(30)19-11-13-28(14-12-19)22(29)10-8-18-5-3-2-4-6-18/h2-7,9,15-16,19H,8,10-14H2,1H3,(H,26,30). The highest BCUT2D eigenvalue weighted by molar-refractivity contribution is 5.94. The molecule has 1 aromatic heterocycles. The van der Waals surface area contributed by atoms with Gasteiger partial charge < -0.3 is 14.6 Å². The molecule has 2 aromatic carbocycles. The lowest BCUT2D eigenvalue weighted by Gasteiger charge is -2.31. The number of hydrogen-bond acceptors (Lipinski definition) is 5. The molecule has 1 aliphatic rings. The number of likely N-dealkylation sites (tertiary alicyclic amines) is 1. The van der Waals surface area contributed by atoms with Gasteiger partial charge in [0.1, 0.15) is 0 Å². The average Bonchev–Trinajstić information content (AvgIpc) is 3.35. The van der Waals surface area contributed by atoms with Gasteiger partial charge in [0.2, 0.25) is 24.1 Å². The molecule has 0 atom stereocenters. The number of piperidine rings is 1. The number of carbonyl (C=O) groups excluding carboxylic acids is 2. The summed E-state index contributed by atoms with van der Waals surface area (Å²) in [7, 11) is 0. The van der Waals surface area contributed by atoms with Gasteiger partial charge in [0.15, 0.2) is 0 Å². The summed E-state index contributed by atoms with van der Waals surface area (Å²) in [5.74, 6) is 0.454. The van der Waals surface area contributed by atoms with E-state index in [-0.39, 0.29) is 17.7 Å². The Morgan fingerprint density at radius 3 is 2.61 bits per heavy atom. The van der Waals surface area contributed by atoms with Crippen LogP contribution in [-0.2, 0) is 16.0 Å². The molecule has 1 aliphatic heterocycles. The van der Waals surface area contributed by atoms with E-state index in [1.54, 1.807) is 0 Å². The second kappa shape index (κ2) is 9.55. The Labute approximate surface area is 181 Å². The Balaban J connectivity index is 1.29. The summed E-state index contributed by atoms with van der Waals surface area (Å²) in [5.41, 5.74) is 3.63. The van der Waals surface area contributed by atoms with E-state index in [4.69, 9.17) is 4.42 Å². The summed E-state index contributed by atoms with van der Waals surface area (Å²) >= 11 is 0. The lowest BCUT2D eigenvalue weighted by atomic mass is 9.95. The smallest absolute Gasteiger partial charge is 0.247 e. The van der Waals surface area contributed by atoms with Crippen molar-refractivity contribution in [2.45, 2.75) is 32.6 Å². The first-order chi connectivity index (χ1) is 15.1. The number of anilines is 1. The van der Waals surface area contributed by atoms with E-state index in [0.717, 1.165) is 23.2 Å². The largest absolute Gasteiger partial charge is 0.423 e. The summed E-state index contributed by atoms with van der Waals surface area (Å²) in [5, 5.41) is 10.7. The Kier molecular flexibility index (Phi) is 6.40. The molecule has 1 saturated heterocycles. The second-order valence-corrected chi connectivity index (χ2v) is 7.90. The van der Waals surface area contributed by atoms with Crippen LogP contribution in [0.15, 0.2) is 59.3 Å². The number of hydrogen-bond donors (Lipinski definition) is 1. The molecule has 2 amide bonds. The van der Waals surface area contributed by atoms with Crippen molar-refractivity contribution in [1.82, 2.24) is 15.1 Å². The number of carbonyl (C=O) groups is 2. The van der Waals surface area contributed by atoms with E-state index in [2.05, 4.69) is 15.5 Å². The number of benzene rings is 2. The lowest BCUT2D eigenvalue weighted by Crippen LogP contribution is -2.41. The molecule has 0 radical (unpaired) electrons. The zero-order valence-corrected chi connectivity index (χ0v) is 17.6. The van der Waals surface area contributed by atoms with Gasteiger partial charge >= 0.3 is 0 Å². The Bertz CT molecular complexity index is 1030. The first-order valence-electron chi connectivity index (χ1n) is 10.6. The molecule has 0 bridgehead atoms. The molecule has 0 saturated carbocycles. The summed E-state index contributed by atoms with van der Waals surface area (Å²) in [6.45, 7) is 3.18. The molecule has 4 rings (SSSR count). The zero-order valence-electron chi connectivity index (χ0n) is 17.6. The van der Waals surface area contributed by atoms with Gasteiger partial charge in [0.05, 0.1) is 0 Å². The van der Waals surface area contributed by atoms with Crippen LogP contribution in [0.25, 0.3) is 11.5 Å². The minimum absolute atomic E-state index is 0.0119. The van der Waals surface area contributed by atoms with Crippen molar-refractivity contribution in [1.29, 1.82) is 0 Å². The third-order valence-electron chi connectivity index (χ3n) is 5.79. The van der Waals surface area contributed by atoms with Crippen molar-refractivity contribution in [2.75, 3.05) is 18.4 Å². The molecule has 31 heavy (non-hydrogen) atoms. The van der Waals surface area contributed by atoms with Crippen LogP contribution in [0.2, 0.25) is 0 Å². The van der Waals surface area contributed by atoms with E-state index in [0.29, 0.717) is 38.2 Å². The minimum Gasteiger partial charge on any atom is -0.423 e. The van der Waals surface area contributed by atoms with E-state index in [1.165, 1.54) is 12.0 Å². The van der Waals surface area contributed by atoms with E-state index >= 15 is 0 Å². The Morgan fingerprint density at radius 2 is 1.90 bits per heavy atom. The Hall–Kier alpha value is -3.48. The molecule has 1 N–H and O–H groups in total. The molecular formula is C24H26N4O3. The number of amides is 2. The van der Waals surface area contributed by atoms with Crippen molar-refractivity contribution in [3.8, 4) is 11.5 Å². The minimum atomic E-state index is -0.107. The molecule has 7 heteroatoms. The van der Waals surface area contributed by atoms with Gasteiger partial charge in [-0.15, -0.1) is 10.2 Å². The van der Waals surface area contributed by atoms with Crippen molar-refractivity contribution in [3.05, 3.63) is 66.1 Å². The highest BCUT2D eigenvalue weighted by Crippen LogP contribution is 2.26. The van der Waals surface area contributed by atoms with Gasteiger partial charge in [-0.2, -0.15) is 0 Å². The summed E-state index contributed by atoms with van der Waals surface area (Å²) < 4.78 is 5.25. The van der Waals surface area contributed by atoms with Crippen LogP contribution < -0.4 is 5.32 Å². The Morgan fingerprint density at radius 1 is 1.13 bits per heavy atom. The van der Waals surface area contributed by atoms with Crippen LogP contribution in [0.5, 0.6) is 0 Å². The third kappa shape index (κ3) is 5.17. The number of nitrogens with one attached hydrogen (secondary N) is 1. The van der Waals surface area contributed by atoms with Crippen LogP contribution in [0, 0.1) is 12.8 Å². The van der Waals surface area contributed by atoms with Crippen molar-refractivity contribution in [2.24, 2.45) is 5.92 Å². The number of nitrogens with zero attached hydrogens (tertiary/aromatic N) is 3. The molecule has 7 nitrogen and oxygen atoms in total. The quantitative estimate of drug-likeness (QED) is 0.657. The molecule has 0 spiro atoms. The van der Waals surface area contributed by atoms with Crippen LogP contribution in [0.3, 0.4) is 0 Å². The number of aromatic nitrogens is 2. The molecular weight excluding hydrogens is 392 g/mol. The molecule has 160 valence electrons. The van der Waals surface area contributed by atoms with Gasteiger partial charge in [0, 0.05) is 36.7 Å². The average molecular weight is 418 g/mol. The van der Waals surface area contributed by atoms with E-state index in [9.17, 15) is 9.59 Å². The zero-order chi connectivity index (χ0) is 21.6.